The molecule has 3 heterocycles. The third-order valence-corrected chi connectivity index (χ3v) is 5.76. The number of halogens is 1. The molecule has 0 aromatic carbocycles. The zero-order valence-electron chi connectivity index (χ0n) is 14.8. The first kappa shape index (κ1) is 20.6. The molecule has 1 aromatic rings. The highest BCUT2D eigenvalue weighted by molar-refractivity contribution is 8.00. The molecule has 11 nitrogen and oxygen atoms in total. The van der Waals surface area contributed by atoms with Crippen LogP contribution in [0.3, 0.4) is 0 Å². The highest BCUT2D eigenvalue weighted by atomic mass is 35.5. The fraction of sp³-hybridized carbons (Fsp3) is 0.250. The Morgan fingerprint density at radius 1 is 1.48 bits per heavy atom. The van der Waals surface area contributed by atoms with Crippen LogP contribution >= 0.6 is 23.4 Å². The van der Waals surface area contributed by atoms with Crippen molar-refractivity contribution < 1.29 is 29.1 Å². The van der Waals surface area contributed by atoms with Gasteiger partial charge in [-0.25, -0.2) is 9.78 Å². The first-order valence-electron chi connectivity index (χ1n) is 8.05. The van der Waals surface area contributed by atoms with E-state index in [1.165, 1.54) is 31.0 Å². The van der Waals surface area contributed by atoms with E-state index in [0.717, 1.165) is 4.90 Å². The number of anilines is 1. The predicted octanol–water partition coefficient (Wildman–Crippen LogP) is -0.0647. The number of carbonyl (C=O) groups is 4. The van der Waals surface area contributed by atoms with Crippen molar-refractivity contribution in [3.05, 3.63) is 34.6 Å². The molecule has 0 bridgehead atoms. The lowest BCUT2D eigenvalue weighted by atomic mass is 10.0. The van der Waals surface area contributed by atoms with Crippen LogP contribution in [0.25, 0.3) is 0 Å². The molecule has 1 aromatic heterocycles. The van der Waals surface area contributed by atoms with Crippen LogP contribution < -0.4 is 10.6 Å². The summed E-state index contributed by atoms with van der Waals surface area (Å²) in [7, 11) is 1.24. The highest BCUT2D eigenvalue weighted by Crippen LogP contribution is 2.41. The van der Waals surface area contributed by atoms with Crippen LogP contribution in [0.5, 0.6) is 0 Å². The quantitative estimate of drug-likeness (QED) is 0.231. The number of aromatic nitrogens is 1. The number of thioether (sulfide) groups is 1. The van der Waals surface area contributed by atoms with Crippen molar-refractivity contribution in [2.75, 3.05) is 18.2 Å². The van der Waals surface area contributed by atoms with Gasteiger partial charge in [0.2, 0.25) is 6.41 Å². The molecule has 0 saturated carbocycles. The van der Waals surface area contributed by atoms with Gasteiger partial charge in [-0.05, 0) is 12.1 Å². The zero-order chi connectivity index (χ0) is 21.1. The molecule has 2 aliphatic heterocycles. The number of carbonyl (C=O) groups excluding carboxylic acids is 3. The van der Waals surface area contributed by atoms with Crippen LogP contribution in [-0.2, 0) is 24.0 Å². The van der Waals surface area contributed by atoms with E-state index in [0.29, 0.717) is 6.41 Å². The number of nitrogens with zero attached hydrogens (tertiary/aromatic N) is 3. The minimum atomic E-state index is -1.32. The maximum Gasteiger partial charge on any atom is 0.353 e. The van der Waals surface area contributed by atoms with Crippen molar-refractivity contribution in [3.63, 3.8) is 0 Å². The van der Waals surface area contributed by atoms with Gasteiger partial charge in [-0.2, -0.15) is 0 Å². The first-order chi connectivity index (χ1) is 13.9. The number of rotatable bonds is 7. The fourth-order valence-corrected chi connectivity index (χ4v) is 4.34. The standard InChI is InChI=1S/C16H14ClN5O6S/c1-28-21-10(8-3-2-4-9(19-8)18-6-23)13(24)20-11-14(25)22-12(16(26)27)7(17)5-29-15(11)22/h2-4,6,11,15H,5H2,1H3,(H,20,24)(H,26,27)(H,18,19,23)/b21-10-/t11?,15-/m1/s1. The van der Waals surface area contributed by atoms with Gasteiger partial charge in [-0.15, -0.1) is 11.8 Å². The Kier molecular flexibility index (Phi) is 6.03. The van der Waals surface area contributed by atoms with E-state index in [9.17, 15) is 24.3 Å². The average molecular weight is 440 g/mol. The Hall–Kier alpha value is -3.12. The molecule has 2 atom stereocenters. The molecular formula is C16H14ClN5O6S. The lowest BCUT2D eigenvalue weighted by Crippen LogP contribution is -2.71. The number of amides is 3. The van der Waals surface area contributed by atoms with Crippen molar-refractivity contribution in [2.24, 2.45) is 5.16 Å². The van der Waals surface area contributed by atoms with Crippen LogP contribution in [0.1, 0.15) is 5.69 Å². The molecule has 3 amide bonds. The largest absolute Gasteiger partial charge is 0.477 e. The van der Waals surface area contributed by atoms with Gasteiger partial charge in [0.25, 0.3) is 11.8 Å². The molecule has 152 valence electrons. The van der Waals surface area contributed by atoms with Crippen LogP contribution in [-0.4, -0.2) is 69.2 Å². The van der Waals surface area contributed by atoms with Gasteiger partial charge in [0.1, 0.15) is 35.7 Å². The highest BCUT2D eigenvalue weighted by Gasteiger charge is 2.54. The second-order valence-corrected chi connectivity index (χ2v) is 7.27. The molecule has 0 radical (unpaired) electrons. The molecule has 13 heteroatoms. The molecule has 29 heavy (non-hydrogen) atoms. The van der Waals surface area contributed by atoms with Crippen molar-refractivity contribution >= 4 is 59.1 Å². The average Bonchev–Trinajstić information content (AvgIpc) is 2.70. The van der Waals surface area contributed by atoms with E-state index in [2.05, 4.69) is 20.8 Å². The number of oxime groups is 1. The predicted molar refractivity (Wildman–Crippen MR) is 103 cm³/mol. The number of pyridine rings is 1. The Morgan fingerprint density at radius 3 is 2.90 bits per heavy atom. The first-order valence-corrected chi connectivity index (χ1v) is 9.48. The van der Waals surface area contributed by atoms with Gasteiger partial charge in [-0.3, -0.25) is 19.3 Å². The van der Waals surface area contributed by atoms with E-state index < -0.39 is 29.2 Å². The summed E-state index contributed by atoms with van der Waals surface area (Å²) in [4.78, 5) is 57.0. The molecule has 0 spiro atoms. The maximum absolute atomic E-state index is 12.7. The summed E-state index contributed by atoms with van der Waals surface area (Å²) >= 11 is 7.15. The van der Waals surface area contributed by atoms with Gasteiger partial charge >= 0.3 is 5.97 Å². The maximum atomic E-state index is 12.7. The Morgan fingerprint density at radius 2 is 2.24 bits per heavy atom. The molecule has 1 fully saturated rings. The van der Waals surface area contributed by atoms with Crippen LogP contribution in [0.15, 0.2) is 34.1 Å². The molecule has 2 aliphatic rings. The third kappa shape index (κ3) is 3.89. The summed E-state index contributed by atoms with van der Waals surface area (Å²) in [6.07, 6.45) is 0.430. The second kappa shape index (κ2) is 8.49. The number of carboxylic acid groups (broad SMARTS) is 1. The normalized spacial score (nSPS) is 21.1. The SMILES string of the molecule is CO/N=C(\C(=O)NC1C(=O)N2C(C(=O)O)=C(Cl)CS[C@H]12)c1cccc(NC=O)n1. The topological polar surface area (TPSA) is 150 Å². The van der Waals surface area contributed by atoms with E-state index >= 15 is 0 Å². The number of nitrogens with one attached hydrogen (secondary N) is 2. The summed E-state index contributed by atoms with van der Waals surface area (Å²) in [5, 5.41) is 17.3. The second-order valence-electron chi connectivity index (χ2n) is 5.71. The third-order valence-electron chi connectivity index (χ3n) is 4.01. The Bertz CT molecular complexity index is 951. The Labute approximate surface area is 173 Å². The van der Waals surface area contributed by atoms with Gasteiger partial charge < -0.3 is 20.6 Å². The van der Waals surface area contributed by atoms with Crippen molar-refractivity contribution in [1.82, 2.24) is 15.2 Å². The van der Waals surface area contributed by atoms with Crippen LogP contribution in [0, 0.1) is 0 Å². The molecular weight excluding hydrogens is 426 g/mol. The number of hydrogen-bond donors (Lipinski definition) is 3. The lowest BCUT2D eigenvalue weighted by molar-refractivity contribution is -0.150. The van der Waals surface area contributed by atoms with Crippen molar-refractivity contribution in [3.8, 4) is 0 Å². The molecule has 1 unspecified atom stereocenters. The van der Waals surface area contributed by atoms with Crippen LogP contribution in [0.4, 0.5) is 5.82 Å². The summed E-state index contributed by atoms with van der Waals surface area (Å²) < 4.78 is 0. The van der Waals surface area contributed by atoms with E-state index in [1.54, 1.807) is 6.07 Å². The Balaban J connectivity index is 1.80. The lowest BCUT2D eigenvalue weighted by Gasteiger charge is -2.48. The summed E-state index contributed by atoms with van der Waals surface area (Å²) in [5.41, 5.74) is -0.405. The molecule has 3 N–H and O–H groups in total. The smallest absolute Gasteiger partial charge is 0.353 e. The monoisotopic (exact) mass is 439 g/mol. The summed E-state index contributed by atoms with van der Waals surface area (Å²) in [6.45, 7) is 0. The van der Waals surface area contributed by atoms with E-state index in [4.69, 9.17) is 16.4 Å². The zero-order valence-corrected chi connectivity index (χ0v) is 16.4. The van der Waals surface area contributed by atoms with Gasteiger partial charge in [0.05, 0.1) is 5.03 Å². The molecule has 0 aliphatic carbocycles. The molecule has 1 saturated heterocycles. The fourth-order valence-electron chi connectivity index (χ4n) is 2.79. The van der Waals surface area contributed by atoms with Crippen molar-refractivity contribution in [2.45, 2.75) is 11.4 Å². The summed E-state index contributed by atoms with van der Waals surface area (Å²) in [5.74, 6) is -2.28. The van der Waals surface area contributed by atoms with E-state index in [1.807, 2.05) is 0 Å². The summed E-state index contributed by atoms with van der Waals surface area (Å²) in [6, 6.07) is 3.56. The number of hydrogen-bond acceptors (Lipinski definition) is 8. The van der Waals surface area contributed by atoms with Crippen LogP contribution in [0.2, 0.25) is 0 Å². The van der Waals surface area contributed by atoms with E-state index in [-0.39, 0.29) is 33.7 Å². The van der Waals surface area contributed by atoms with Crippen molar-refractivity contribution in [1.29, 1.82) is 0 Å². The number of carboxylic acids is 1. The molecule has 3 rings (SSSR count). The number of fused-ring (bicyclic) bond motifs is 1. The number of β-lactam (4-membered cyclic amide) rings is 1. The van der Waals surface area contributed by atoms with Gasteiger partial charge in [0, 0.05) is 5.75 Å². The minimum absolute atomic E-state index is 0.0576. The van der Waals surface area contributed by atoms with Gasteiger partial charge in [-0.1, -0.05) is 22.8 Å². The van der Waals surface area contributed by atoms with Gasteiger partial charge in [0.15, 0.2) is 5.71 Å². The number of aliphatic carboxylic acids is 1. The minimum Gasteiger partial charge on any atom is -0.477 e.